The number of benzene rings is 1. The summed E-state index contributed by atoms with van der Waals surface area (Å²) in [6.07, 6.45) is 1.19. The van der Waals surface area contributed by atoms with Crippen molar-refractivity contribution in [1.82, 2.24) is 4.98 Å². The molecule has 8 heteroatoms. The Labute approximate surface area is 174 Å². The van der Waals surface area contributed by atoms with Gasteiger partial charge in [0.15, 0.2) is 12.0 Å². The molecule has 158 valence electrons. The first-order chi connectivity index (χ1) is 14.6. The van der Waals surface area contributed by atoms with Crippen molar-refractivity contribution >= 4 is 22.6 Å². The third-order valence-corrected chi connectivity index (χ3v) is 5.13. The van der Waals surface area contributed by atoms with Crippen LogP contribution in [0.5, 0.6) is 0 Å². The van der Waals surface area contributed by atoms with Gasteiger partial charge in [-0.3, -0.25) is 4.74 Å². The molecule has 2 aromatic rings. The Morgan fingerprint density at radius 1 is 1.40 bits per heavy atom. The highest BCUT2D eigenvalue weighted by atomic mass is 16.8. The molecular weight excluding hydrogens is 388 g/mol. The number of hydrogen-bond acceptors (Lipinski definition) is 8. The van der Waals surface area contributed by atoms with Crippen LogP contribution in [-0.4, -0.2) is 43.6 Å². The molecule has 30 heavy (non-hydrogen) atoms. The summed E-state index contributed by atoms with van der Waals surface area (Å²) in [5, 5.41) is 5.01. The highest BCUT2D eigenvalue weighted by molar-refractivity contribution is 6.36. The zero-order chi connectivity index (χ0) is 21.1. The van der Waals surface area contributed by atoms with Crippen molar-refractivity contribution < 1.29 is 28.6 Å². The first kappa shape index (κ1) is 20.5. The molecule has 3 heterocycles. The van der Waals surface area contributed by atoms with E-state index in [1.807, 2.05) is 30.3 Å². The van der Waals surface area contributed by atoms with E-state index in [-0.39, 0.29) is 31.3 Å². The number of pyridine rings is 1. The molecule has 0 saturated heterocycles. The fourth-order valence-corrected chi connectivity index (χ4v) is 3.81. The number of methoxy groups -OCH3 is 1. The molecule has 1 spiro atoms. The van der Waals surface area contributed by atoms with Crippen molar-refractivity contribution in [3.05, 3.63) is 54.2 Å². The van der Waals surface area contributed by atoms with Gasteiger partial charge in [-0.05, 0) is 19.1 Å². The number of para-hydroxylation sites is 1. The lowest BCUT2D eigenvalue weighted by molar-refractivity contribution is -0.333. The first-order valence-corrected chi connectivity index (χ1v) is 9.84. The molecule has 0 saturated carbocycles. The van der Waals surface area contributed by atoms with Crippen LogP contribution in [0.2, 0.25) is 0 Å². The van der Waals surface area contributed by atoms with Gasteiger partial charge in [0.2, 0.25) is 0 Å². The van der Waals surface area contributed by atoms with E-state index in [1.165, 1.54) is 0 Å². The number of carbonyl (C=O) groups is 1. The minimum Gasteiger partial charge on any atom is -0.461 e. The van der Waals surface area contributed by atoms with E-state index in [1.54, 1.807) is 20.1 Å². The maximum absolute atomic E-state index is 12.2. The smallest absolute Gasteiger partial charge is 0.356 e. The molecule has 0 radical (unpaired) electrons. The van der Waals surface area contributed by atoms with Crippen molar-refractivity contribution in [1.29, 1.82) is 0 Å². The molecule has 1 unspecified atom stereocenters. The van der Waals surface area contributed by atoms with Crippen LogP contribution in [0, 0.1) is 5.92 Å². The first-order valence-electron chi connectivity index (χ1n) is 9.84. The van der Waals surface area contributed by atoms with Crippen LogP contribution in [0.1, 0.15) is 30.9 Å². The molecule has 0 N–H and O–H groups in total. The second-order valence-electron chi connectivity index (χ2n) is 7.06. The molecule has 1 aromatic heterocycles. The second kappa shape index (κ2) is 8.51. The topological polar surface area (TPSA) is 88.5 Å². The van der Waals surface area contributed by atoms with Gasteiger partial charge in [0, 0.05) is 24.5 Å². The third kappa shape index (κ3) is 3.47. The summed E-state index contributed by atoms with van der Waals surface area (Å²) < 4.78 is 22.6. The van der Waals surface area contributed by atoms with Crippen molar-refractivity contribution in [2.45, 2.75) is 25.4 Å². The molecule has 0 aliphatic carbocycles. The van der Waals surface area contributed by atoms with E-state index < -0.39 is 18.0 Å². The Balaban J connectivity index is 1.81. The van der Waals surface area contributed by atoms with Crippen molar-refractivity contribution in [2.75, 3.05) is 26.9 Å². The fraction of sp³-hybridized carbons (Fsp3) is 0.409. The van der Waals surface area contributed by atoms with E-state index >= 15 is 0 Å². The molecule has 0 fully saturated rings. The average molecular weight is 412 g/mol. The van der Waals surface area contributed by atoms with Gasteiger partial charge in [-0.25, -0.2) is 9.78 Å². The van der Waals surface area contributed by atoms with Gasteiger partial charge in [0.25, 0.3) is 5.79 Å². The summed E-state index contributed by atoms with van der Waals surface area (Å²) in [5.41, 5.74) is 2.31. The van der Waals surface area contributed by atoms with Gasteiger partial charge < -0.3 is 19.0 Å². The summed E-state index contributed by atoms with van der Waals surface area (Å²) in [5.74, 6) is -2.24. The Hall–Kier alpha value is -2.81. The molecule has 2 aliphatic rings. The molecular formula is C22H24N2O6. The predicted octanol–water partition coefficient (Wildman–Crippen LogP) is 3.22. The number of fused-ring (bicyclic) bond motifs is 3. The van der Waals surface area contributed by atoms with Crippen LogP contribution >= 0.6 is 0 Å². The van der Waals surface area contributed by atoms with Gasteiger partial charge in [-0.1, -0.05) is 29.4 Å². The van der Waals surface area contributed by atoms with Crippen molar-refractivity contribution in [2.24, 2.45) is 11.1 Å². The van der Waals surface area contributed by atoms with Gasteiger partial charge >= 0.3 is 5.97 Å². The SMILES string of the molecule is C=CCO[C@H]1O[C@]2(ON=C(C(=O)OCC)CC2COC)c2nc3ccccc3cc21. The number of nitrogens with zero attached hydrogens (tertiary/aromatic N) is 2. The van der Waals surface area contributed by atoms with E-state index in [4.69, 9.17) is 28.8 Å². The number of hydrogen-bond donors (Lipinski definition) is 0. The Morgan fingerprint density at radius 3 is 3.00 bits per heavy atom. The molecule has 8 nitrogen and oxygen atoms in total. The summed E-state index contributed by atoms with van der Waals surface area (Å²) >= 11 is 0. The fourth-order valence-electron chi connectivity index (χ4n) is 3.81. The van der Waals surface area contributed by atoms with Crippen LogP contribution in [0.3, 0.4) is 0 Å². The third-order valence-electron chi connectivity index (χ3n) is 5.13. The largest absolute Gasteiger partial charge is 0.461 e. The maximum atomic E-state index is 12.2. The summed E-state index contributed by atoms with van der Waals surface area (Å²) in [7, 11) is 1.58. The van der Waals surface area contributed by atoms with Crippen LogP contribution in [0.4, 0.5) is 0 Å². The molecule has 4 rings (SSSR count). The van der Waals surface area contributed by atoms with Crippen LogP contribution in [0.25, 0.3) is 10.9 Å². The minimum absolute atomic E-state index is 0.186. The highest BCUT2D eigenvalue weighted by Crippen LogP contribution is 2.51. The van der Waals surface area contributed by atoms with Gasteiger partial charge in [0.1, 0.15) is 5.69 Å². The van der Waals surface area contributed by atoms with E-state index in [0.717, 1.165) is 16.5 Å². The highest BCUT2D eigenvalue weighted by Gasteiger charge is 2.58. The summed E-state index contributed by atoms with van der Waals surface area (Å²) in [6, 6.07) is 9.74. The monoisotopic (exact) mass is 412 g/mol. The second-order valence-corrected chi connectivity index (χ2v) is 7.06. The quantitative estimate of drug-likeness (QED) is 0.510. The number of aromatic nitrogens is 1. The van der Waals surface area contributed by atoms with Crippen LogP contribution in [-0.2, 0) is 34.4 Å². The van der Waals surface area contributed by atoms with Crippen LogP contribution < -0.4 is 0 Å². The number of esters is 1. The van der Waals surface area contributed by atoms with Gasteiger partial charge in [-0.2, -0.15) is 0 Å². The van der Waals surface area contributed by atoms with E-state index in [0.29, 0.717) is 12.3 Å². The van der Waals surface area contributed by atoms with Crippen molar-refractivity contribution in [3.8, 4) is 0 Å². The standard InChI is InChI=1S/C22H24N2O6/c1-4-10-28-21-16-11-14-8-6-7-9-17(14)23-19(16)22(29-21)15(13-26-3)12-18(24-30-22)20(25)27-5-2/h4,6-9,11,15,21H,1,5,10,12-13H2,2-3H3/t15?,21-,22+/m0/s1. The number of oxime groups is 1. The molecule has 0 amide bonds. The lowest BCUT2D eigenvalue weighted by Crippen LogP contribution is -2.45. The van der Waals surface area contributed by atoms with Crippen LogP contribution in [0.15, 0.2) is 48.1 Å². The maximum Gasteiger partial charge on any atom is 0.356 e. The zero-order valence-corrected chi connectivity index (χ0v) is 17.0. The average Bonchev–Trinajstić information content (AvgIpc) is 3.06. The number of rotatable bonds is 7. The Bertz CT molecular complexity index is 991. The predicted molar refractivity (Wildman–Crippen MR) is 109 cm³/mol. The zero-order valence-electron chi connectivity index (χ0n) is 17.0. The molecule has 3 atom stereocenters. The molecule has 1 aromatic carbocycles. The van der Waals surface area contributed by atoms with Crippen molar-refractivity contribution in [3.63, 3.8) is 0 Å². The Morgan fingerprint density at radius 2 is 2.23 bits per heavy atom. The lowest BCUT2D eigenvalue weighted by Gasteiger charge is -2.37. The molecule has 0 bridgehead atoms. The van der Waals surface area contributed by atoms with E-state index in [2.05, 4.69) is 11.7 Å². The minimum atomic E-state index is -1.34. The summed E-state index contributed by atoms with van der Waals surface area (Å²) in [6.45, 7) is 6.25. The summed E-state index contributed by atoms with van der Waals surface area (Å²) in [4.78, 5) is 22.9. The lowest BCUT2D eigenvalue weighted by atomic mass is 9.88. The number of ether oxygens (including phenoxy) is 4. The number of carbonyl (C=O) groups excluding carboxylic acids is 1. The van der Waals surface area contributed by atoms with Gasteiger partial charge in [-0.15, -0.1) is 6.58 Å². The normalized spacial score (nSPS) is 24.9. The Kier molecular flexibility index (Phi) is 5.80. The van der Waals surface area contributed by atoms with E-state index in [9.17, 15) is 4.79 Å². The van der Waals surface area contributed by atoms with Gasteiger partial charge in [0.05, 0.1) is 31.3 Å². The molecule has 2 aliphatic heterocycles.